The minimum Gasteiger partial charge on any atom is -0.267 e. The molecule has 2 amide bonds. The molecule has 2 aromatic rings. The van der Waals surface area contributed by atoms with Crippen LogP contribution in [0.2, 0.25) is 0 Å². The molecule has 5 heteroatoms. The summed E-state index contributed by atoms with van der Waals surface area (Å²) in [5.74, 6) is -0.570. The molecule has 1 N–H and O–H groups in total. The number of nitrogens with zero attached hydrogens (tertiary/aromatic N) is 1. The highest BCUT2D eigenvalue weighted by Crippen LogP contribution is 2.22. The largest absolute Gasteiger partial charge is 0.272 e. The monoisotopic (exact) mass is 402 g/mol. The van der Waals surface area contributed by atoms with Crippen LogP contribution in [0.5, 0.6) is 0 Å². The molecule has 0 aliphatic rings. The maximum Gasteiger partial charge on any atom is 0.272 e. The van der Waals surface area contributed by atoms with Crippen LogP contribution in [-0.2, 0) is 0 Å². The third kappa shape index (κ3) is 4.48. The molecule has 132 valence electrons. The number of aryl methyl sites for hydroxylation is 2. The zero-order valence-corrected chi connectivity index (χ0v) is 16.8. The Morgan fingerprint density at radius 1 is 1.04 bits per heavy atom. The van der Waals surface area contributed by atoms with Crippen molar-refractivity contribution in [3.63, 3.8) is 0 Å². The number of nitrogens with one attached hydrogen (secondary N) is 1. The molecule has 0 heterocycles. The predicted molar refractivity (Wildman–Crippen MR) is 103 cm³/mol. The summed E-state index contributed by atoms with van der Waals surface area (Å²) in [6.45, 7) is 9.49. The minimum atomic E-state index is -0.577. The van der Waals surface area contributed by atoms with Crippen molar-refractivity contribution in [2.24, 2.45) is 0 Å². The predicted octanol–water partition coefficient (Wildman–Crippen LogP) is 4.65. The third-order valence-electron chi connectivity index (χ3n) is 3.79. The second-order valence-electron chi connectivity index (χ2n) is 7.06. The van der Waals surface area contributed by atoms with Crippen LogP contribution in [0.1, 0.15) is 52.6 Å². The maximum atomic E-state index is 13.0. The van der Waals surface area contributed by atoms with Gasteiger partial charge in [0, 0.05) is 10.0 Å². The quantitative estimate of drug-likeness (QED) is 0.742. The fourth-order valence-electron chi connectivity index (χ4n) is 2.41. The molecule has 0 saturated carbocycles. The fourth-order valence-corrected chi connectivity index (χ4v) is 2.86. The van der Waals surface area contributed by atoms with E-state index in [0.717, 1.165) is 15.6 Å². The molecule has 2 rings (SSSR count). The highest BCUT2D eigenvalue weighted by atomic mass is 79.9. The molecule has 0 aliphatic heterocycles. The molecule has 0 fully saturated rings. The van der Waals surface area contributed by atoms with Gasteiger partial charge in [0.25, 0.3) is 11.8 Å². The van der Waals surface area contributed by atoms with Crippen LogP contribution in [0.3, 0.4) is 0 Å². The maximum absolute atomic E-state index is 13.0. The van der Waals surface area contributed by atoms with Crippen molar-refractivity contribution in [2.45, 2.75) is 40.2 Å². The standard InChI is InChI=1S/C20H23BrN2O2/c1-13-8-6-10-15(12-13)19(25)23(20(3,4)5)22-18(24)16-11-7-9-14(2)17(16)21/h6-12H,1-5H3,(H,22,24). The van der Waals surface area contributed by atoms with Gasteiger partial charge in [-0.1, -0.05) is 29.8 Å². The Bertz CT molecular complexity index is 810. The molecule has 0 spiro atoms. The molecule has 2 aromatic carbocycles. The lowest BCUT2D eigenvalue weighted by Crippen LogP contribution is -2.56. The van der Waals surface area contributed by atoms with Gasteiger partial charge in [-0.15, -0.1) is 0 Å². The van der Waals surface area contributed by atoms with Crippen LogP contribution in [0.25, 0.3) is 0 Å². The Hall–Kier alpha value is -2.14. The van der Waals surface area contributed by atoms with E-state index in [0.29, 0.717) is 11.1 Å². The van der Waals surface area contributed by atoms with Gasteiger partial charge in [0.1, 0.15) is 0 Å². The molecular formula is C20H23BrN2O2. The van der Waals surface area contributed by atoms with E-state index in [1.165, 1.54) is 5.01 Å². The van der Waals surface area contributed by atoms with E-state index >= 15 is 0 Å². The number of rotatable bonds is 2. The third-order valence-corrected chi connectivity index (χ3v) is 4.84. The van der Waals surface area contributed by atoms with Crippen LogP contribution in [-0.4, -0.2) is 22.4 Å². The fraction of sp³-hybridized carbons (Fsp3) is 0.300. The Morgan fingerprint density at radius 3 is 2.28 bits per heavy atom. The van der Waals surface area contributed by atoms with Crippen molar-refractivity contribution in [2.75, 3.05) is 0 Å². The van der Waals surface area contributed by atoms with Crippen LogP contribution in [0.4, 0.5) is 0 Å². The van der Waals surface area contributed by atoms with Gasteiger partial charge in [0.2, 0.25) is 0 Å². The highest BCUT2D eigenvalue weighted by Gasteiger charge is 2.30. The Morgan fingerprint density at radius 2 is 1.68 bits per heavy atom. The lowest BCUT2D eigenvalue weighted by atomic mass is 10.1. The smallest absolute Gasteiger partial charge is 0.267 e. The van der Waals surface area contributed by atoms with Gasteiger partial charge >= 0.3 is 0 Å². The van der Waals surface area contributed by atoms with E-state index in [1.54, 1.807) is 12.1 Å². The number of hydrazine groups is 1. The first-order valence-corrected chi connectivity index (χ1v) is 8.88. The first kappa shape index (κ1) is 19.2. The molecule has 0 unspecified atom stereocenters. The van der Waals surface area contributed by atoms with E-state index < -0.39 is 5.54 Å². The number of benzene rings is 2. The van der Waals surface area contributed by atoms with Gasteiger partial charge in [-0.3, -0.25) is 15.0 Å². The molecular weight excluding hydrogens is 380 g/mol. The second-order valence-corrected chi connectivity index (χ2v) is 7.85. The van der Waals surface area contributed by atoms with Gasteiger partial charge in [-0.05, 0) is 74.3 Å². The van der Waals surface area contributed by atoms with Crippen LogP contribution < -0.4 is 5.43 Å². The summed E-state index contributed by atoms with van der Waals surface area (Å²) < 4.78 is 0.726. The molecule has 0 saturated heterocycles. The van der Waals surface area contributed by atoms with E-state index in [4.69, 9.17) is 0 Å². The van der Waals surface area contributed by atoms with Crippen molar-refractivity contribution >= 4 is 27.7 Å². The van der Waals surface area contributed by atoms with Crippen molar-refractivity contribution in [1.82, 2.24) is 10.4 Å². The molecule has 25 heavy (non-hydrogen) atoms. The van der Waals surface area contributed by atoms with Crippen LogP contribution >= 0.6 is 15.9 Å². The summed E-state index contributed by atoms with van der Waals surface area (Å²) in [6.07, 6.45) is 0. The summed E-state index contributed by atoms with van der Waals surface area (Å²) in [5, 5.41) is 1.39. The van der Waals surface area contributed by atoms with Crippen molar-refractivity contribution in [1.29, 1.82) is 0 Å². The van der Waals surface area contributed by atoms with Gasteiger partial charge in [0.05, 0.1) is 11.1 Å². The number of amides is 2. The normalized spacial score (nSPS) is 11.1. The topological polar surface area (TPSA) is 49.4 Å². The first-order valence-electron chi connectivity index (χ1n) is 8.08. The van der Waals surface area contributed by atoms with Crippen LogP contribution in [0.15, 0.2) is 46.9 Å². The van der Waals surface area contributed by atoms with E-state index in [9.17, 15) is 9.59 Å². The van der Waals surface area contributed by atoms with E-state index in [2.05, 4.69) is 21.4 Å². The lowest BCUT2D eigenvalue weighted by Gasteiger charge is -2.35. The van der Waals surface area contributed by atoms with Gasteiger partial charge < -0.3 is 0 Å². The molecule has 0 bridgehead atoms. The van der Waals surface area contributed by atoms with Crippen molar-refractivity contribution < 1.29 is 9.59 Å². The van der Waals surface area contributed by atoms with Gasteiger partial charge in [-0.25, -0.2) is 5.01 Å². The Kier molecular flexibility index (Phi) is 5.68. The molecule has 0 aliphatic carbocycles. The Balaban J connectivity index is 2.34. The summed E-state index contributed by atoms with van der Waals surface area (Å²) in [6, 6.07) is 12.8. The average molecular weight is 403 g/mol. The first-order chi connectivity index (χ1) is 11.6. The van der Waals surface area contributed by atoms with Crippen molar-refractivity contribution in [3.8, 4) is 0 Å². The SMILES string of the molecule is Cc1cccc(C(=O)N(NC(=O)c2cccc(C)c2Br)C(C)(C)C)c1. The average Bonchev–Trinajstić information content (AvgIpc) is 2.53. The van der Waals surface area contributed by atoms with Gasteiger partial charge in [-0.2, -0.15) is 0 Å². The zero-order valence-electron chi connectivity index (χ0n) is 15.2. The number of hydrogen-bond acceptors (Lipinski definition) is 2. The lowest BCUT2D eigenvalue weighted by molar-refractivity contribution is 0.0358. The number of carbonyl (C=O) groups is 2. The number of halogens is 1. The Labute approximate surface area is 157 Å². The molecule has 0 atom stereocenters. The van der Waals surface area contributed by atoms with Crippen LogP contribution in [0, 0.1) is 13.8 Å². The second kappa shape index (κ2) is 7.40. The minimum absolute atomic E-state index is 0.242. The molecule has 0 radical (unpaired) electrons. The molecule has 4 nitrogen and oxygen atoms in total. The molecule has 0 aromatic heterocycles. The number of carbonyl (C=O) groups excluding carboxylic acids is 2. The zero-order chi connectivity index (χ0) is 18.8. The summed E-state index contributed by atoms with van der Waals surface area (Å²) in [5.41, 5.74) is 5.18. The summed E-state index contributed by atoms with van der Waals surface area (Å²) in [7, 11) is 0. The highest BCUT2D eigenvalue weighted by molar-refractivity contribution is 9.10. The van der Waals surface area contributed by atoms with Gasteiger partial charge in [0.15, 0.2) is 0 Å². The number of hydrogen-bond donors (Lipinski definition) is 1. The van der Waals surface area contributed by atoms with E-state index in [1.807, 2.05) is 65.0 Å². The summed E-state index contributed by atoms with van der Waals surface area (Å²) >= 11 is 3.45. The van der Waals surface area contributed by atoms with E-state index in [-0.39, 0.29) is 11.8 Å². The summed E-state index contributed by atoms with van der Waals surface area (Å²) in [4.78, 5) is 25.7. The van der Waals surface area contributed by atoms with Crippen molar-refractivity contribution in [3.05, 3.63) is 69.2 Å².